The summed E-state index contributed by atoms with van der Waals surface area (Å²) in [5.41, 5.74) is 2.69. The van der Waals surface area contributed by atoms with Crippen LogP contribution in [-0.4, -0.2) is 95.7 Å². The zero-order valence-corrected chi connectivity index (χ0v) is 35.1. The quantitative estimate of drug-likeness (QED) is 0.0659. The van der Waals surface area contributed by atoms with E-state index in [-0.39, 0.29) is 41.7 Å². The first kappa shape index (κ1) is 44.3. The highest BCUT2D eigenvalue weighted by Crippen LogP contribution is 2.40. The first-order valence-corrected chi connectivity index (χ1v) is 22.4. The molecular formula is C38H57N5O9SSi. The fourth-order valence-corrected chi connectivity index (χ4v) is 8.37. The maximum atomic E-state index is 13.8. The number of rotatable bonds is 21. The molecule has 2 aromatic carbocycles. The lowest BCUT2D eigenvalue weighted by atomic mass is 9.90. The van der Waals surface area contributed by atoms with Gasteiger partial charge in [0.15, 0.2) is 8.32 Å². The zero-order valence-electron chi connectivity index (χ0n) is 33.2. The number of ether oxygens (including phenoxy) is 5. The van der Waals surface area contributed by atoms with Crippen molar-refractivity contribution in [3.63, 3.8) is 0 Å². The SMILES string of the molecule is C=CCOC(=O)Nc1cc(OC)cc(CC/C=C(\C)[C@H](OCOC)[C@@H](C)[C@H](CCS(=O)(=O)c2nnnn2-c2ccccc2)O[Si](C)(C)C(C)(C)C)c1OC. The van der Waals surface area contributed by atoms with Gasteiger partial charge in [0.05, 0.1) is 43.6 Å². The Hall–Kier alpha value is -4.09. The Labute approximate surface area is 321 Å². The summed E-state index contributed by atoms with van der Waals surface area (Å²) in [5.74, 6) is 0.505. The predicted octanol–water partition coefficient (Wildman–Crippen LogP) is 7.17. The van der Waals surface area contributed by atoms with Gasteiger partial charge in [-0.3, -0.25) is 5.32 Å². The lowest BCUT2D eigenvalue weighted by Crippen LogP contribution is -2.48. The Kier molecular flexibility index (Phi) is 16.4. The molecule has 298 valence electrons. The molecule has 16 heteroatoms. The van der Waals surface area contributed by atoms with Crippen molar-refractivity contribution >= 4 is 29.9 Å². The Morgan fingerprint density at radius 2 is 1.80 bits per heavy atom. The molecule has 0 aliphatic heterocycles. The number of para-hydroxylation sites is 1. The zero-order chi connectivity index (χ0) is 40.1. The molecule has 54 heavy (non-hydrogen) atoms. The van der Waals surface area contributed by atoms with Gasteiger partial charge < -0.3 is 28.1 Å². The van der Waals surface area contributed by atoms with Crippen molar-refractivity contribution in [2.24, 2.45) is 5.92 Å². The van der Waals surface area contributed by atoms with Crippen LogP contribution in [0, 0.1) is 5.92 Å². The third-order valence-electron chi connectivity index (χ3n) is 9.55. The molecule has 0 radical (unpaired) electrons. The third kappa shape index (κ3) is 12.0. The van der Waals surface area contributed by atoms with Gasteiger partial charge in [0.1, 0.15) is 24.9 Å². The number of methoxy groups -OCH3 is 3. The molecule has 14 nitrogen and oxygen atoms in total. The second kappa shape index (κ2) is 20.0. The molecule has 1 amide bonds. The maximum Gasteiger partial charge on any atom is 0.412 e. The smallest absolute Gasteiger partial charge is 0.412 e. The van der Waals surface area contributed by atoms with E-state index in [9.17, 15) is 13.2 Å². The van der Waals surface area contributed by atoms with Crippen LogP contribution in [0.25, 0.3) is 5.69 Å². The van der Waals surface area contributed by atoms with Crippen LogP contribution in [0.2, 0.25) is 18.1 Å². The van der Waals surface area contributed by atoms with E-state index in [0.717, 1.165) is 11.1 Å². The van der Waals surface area contributed by atoms with Gasteiger partial charge in [-0.2, -0.15) is 4.68 Å². The number of hydrogen-bond donors (Lipinski definition) is 1. The number of carbonyl (C=O) groups is 1. The van der Waals surface area contributed by atoms with E-state index in [1.165, 1.54) is 17.9 Å². The number of aromatic nitrogens is 4. The number of nitrogens with one attached hydrogen (secondary N) is 1. The van der Waals surface area contributed by atoms with Crippen LogP contribution in [0.1, 0.15) is 53.0 Å². The first-order valence-electron chi connectivity index (χ1n) is 17.8. The van der Waals surface area contributed by atoms with Crippen LogP contribution in [-0.2, 0) is 34.9 Å². The topological polar surface area (TPSA) is 162 Å². The Morgan fingerprint density at radius 1 is 1.09 bits per heavy atom. The molecule has 0 saturated heterocycles. The highest BCUT2D eigenvalue weighted by Gasteiger charge is 2.42. The molecule has 0 aliphatic carbocycles. The summed E-state index contributed by atoms with van der Waals surface area (Å²) >= 11 is 0. The van der Waals surface area contributed by atoms with Crippen molar-refractivity contribution in [2.75, 3.05) is 45.8 Å². The minimum absolute atomic E-state index is 0.0256. The van der Waals surface area contributed by atoms with Gasteiger partial charge in [0.25, 0.3) is 5.16 Å². The number of amides is 1. The summed E-state index contributed by atoms with van der Waals surface area (Å²) in [6, 6.07) is 12.4. The van der Waals surface area contributed by atoms with Crippen LogP contribution in [0.15, 0.2) is 71.9 Å². The van der Waals surface area contributed by atoms with Crippen LogP contribution in [0.3, 0.4) is 0 Å². The lowest BCUT2D eigenvalue weighted by Gasteiger charge is -2.42. The standard InChI is InChI=1S/C38H57N5O9SSi/c1-12-22-50-37(44)39-32-25-31(48-8)24-29(35(32)49-9)18-16-17-27(2)34(51-26-47-7)28(3)33(52-54(10,11)38(4,5)6)21-23-53(45,46)36-40-41-42-43(36)30-19-14-13-15-20-30/h12-15,17,19-20,24-25,28,33-34H,1,16,18,21-23,26H2,2-11H3,(H,39,44)/b27-17+/t28-,33-,34-/m0/s1. The van der Waals surface area contributed by atoms with E-state index in [0.29, 0.717) is 35.7 Å². The van der Waals surface area contributed by atoms with Crippen molar-refractivity contribution < 1.29 is 41.3 Å². The minimum atomic E-state index is -3.93. The van der Waals surface area contributed by atoms with E-state index in [2.05, 4.69) is 67.4 Å². The summed E-state index contributed by atoms with van der Waals surface area (Å²) in [6.45, 7) is 18.4. The number of aryl methyl sites for hydroxylation is 1. The summed E-state index contributed by atoms with van der Waals surface area (Å²) in [7, 11) is -1.69. The molecule has 1 heterocycles. The van der Waals surface area contributed by atoms with Gasteiger partial charge in [0, 0.05) is 24.7 Å². The highest BCUT2D eigenvalue weighted by molar-refractivity contribution is 7.91. The lowest BCUT2D eigenvalue weighted by molar-refractivity contribution is -0.0905. The van der Waals surface area contributed by atoms with Crippen molar-refractivity contribution in [3.8, 4) is 17.2 Å². The molecule has 0 aliphatic rings. The Bertz CT molecular complexity index is 1810. The maximum absolute atomic E-state index is 13.8. The number of benzene rings is 2. The largest absolute Gasteiger partial charge is 0.497 e. The van der Waals surface area contributed by atoms with E-state index < -0.39 is 36.5 Å². The Morgan fingerprint density at radius 3 is 2.41 bits per heavy atom. The third-order valence-corrected chi connectivity index (χ3v) is 15.6. The molecule has 0 spiro atoms. The van der Waals surface area contributed by atoms with E-state index in [1.54, 1.807) is 44.6 Å². The molecule has 0 unspecified atom stereocenters. The Balaban J connectivity index is 1.92. The van der Waals surface area contributed by atoms with Gasteiger partial charge in [-0.15, -0.1) is 0 Å². The summed E-state index contributed by atoms with van der Waals surface area (Å²) in [5, 5.41) is 13.9. The number of allylic oxidation sites excluding steroid dienone is 1. The molecule has 3 aromatic rings. The molecule has 1 aromatic heterocycles. The minimum Gasteiger partial charge on any atom is -0.497 e. The van der Waals surface area contributed by atoms with Gasteiger partial charge in [0.2, 0.25) is 9.84 Å². The molecule has 0 bridgehead atoms. The number of carbonyl (C=O) groups excluding carboxylic acids is 1. The fourth-order valence-electron chi connectivity index (χ4n) is 5.63. The van der Waals surface area contributed by atoms with Crippen LogP contribution in [0.4, 0.5) is 10.5 Å². The number of nitrogens with zero attached hydrogens (tertiary/aromatic N) is 4. The molecule has 3 rings (SSSR count). The molecule has 1 N–H and O–H groups in total. The van der Waals surface area contributed by atoms with Crippen molar-refractivity contribution in [3.05, 3.63) is 72.3 Å². The van der Waals surface area contributed by atoms with E-state index in [1.807, 2.05) is 26.0 Å². The van der Waals surface area contributed by atoms with Crippen molar-refractivity contribution in [1.29, 1.82) is 0 Å². The van der Waals surface area contributed by atoms with E-state index >= 15 is 0 Å². The van der Waals surface area contributed by atoms with Gasteiger partial charge in [-0.05, 0) is 78.5 Å². The van der Waals surface area contributed by atoms with Crippen molar-refractivity contribution in [2.45, 2.75) is 89.4 Å². The summed E-state index contributed by atoms with van der Waals surface area (Å²) in [6.07, 6.45) is 3.25. The molecule has 0 fully saturated rings. The molecule has 0 saturated carbocycles. The normalized spacial score (nSPS) is 14.2. The van der Waals surface area contributed by atoms with Gasteiger partial charge in [-0.25, -0.2) is 13.2 Å². The number of sulfone groups is 1. The van der Waals surface area contributed by atoms with Crippen LogP contribution >= 0.6 is 0 Å². The molecule has 3 atom stereocenters. The second-order valence-electron chi connectivity index (χ2n) is 14.5. The monoisotopic (exact) mass is 787 g/mol. The highest BCUT2D eigenvalue weighted by atomic mass is 32.2. The van der Waals surface area contributed by atoms with E-state index in [4.69, 9.17) is 28.1 Å². The molecular weight excluding hydrogens is 731 g/mol. The summed E-state index contributed by atoms with van der Waals surface area (Å²) < 4.78 is 63.9. The fraction of sp³-hybridized carbons (Fsp3) is 0.526. The average molecular weight is 788 g/mol. The predicted molar refractivity (Wildman–Crippen MR) is 211 cm³/mol. The number of hydrogen-bond acceptors (Lipinski definition) is 12. The average Bonchev–Trinajstić information content (AvgIpc) is 3.64. The van der Waals surface area contributed by atoms with Gasteiger partial charge in [-0.1, -0.05) is 69.7 Å². The first-order chi connectivity index (χ1) is 25.5. The summed E-state index contributed by atoms with van der Waals surface area (Å²) in [4.78, 5) is 12.3. The second-order valence-corrected chi connectivity index (χ2v) is 21.2. The van der Waals surface area contributed by atoms with Crippen molar-refractivity contribution in [1.82, 2.24) is 20.2 Å². The van der Waals surface area contributed by atoms with Crippen LogP contribution < -0.4 is 14.8 Å². The van der Waals surface area contributed by atoms with Gasteiger partial charge >= 0.3 is 6.09 Å². The number of anilines is 1. The number of tetrazole rings is 1. The van der Waals surface area contributed by atoms with Crippen LogP contribution in [0.5, 0.6) is 11.5 Å².